The van der Waals surface area contributed by atoms with Gasteiger partial charge in [0.25, 0.3) is 0 Å². The lowest BCUT2D eigenvalue weighted by molar-refractivity contribution is -0.136. The van der Waals surface area contributed by atoms with Crippen molar-refractivity contribution >= 4 is 5.97 Å². The van der Waals surface area contributed by atoms with Crippen molar-refractivity contribution in [3.8, 4) is 16.9 Å². The van der Waals surface area contributed by atoms with E-state index in [1.165, 1.54) is 0 Å². The zero-order chi connectivity index (χ0) is 22.4. The van der Waals surface area contributed by atoms with Crippen LogP contribution in [0.2, 0.25) is 0 Å². The molecule has 0 amide bonds. The maximum absolute atomic E-state index is 15.3. The van der Waals surface area contributed by atoms with Crippen LogP contribution in [0.4, 0.5) is 4.39 Å². The number of halogens is 1. The van der Waals surface area contributed by atoms with Crippen LogP contribution in [-0.4, -0.2) is 23.7 Å². The lowest BCUT2D eigenvalue weighted by Crippen LogP contribution is -2.30. The first-order chi connectivity index (χ1) is 14.7. The Hall–Kier alpha value is -2.40. The predicted molar refractivity (Wildman–Crippen MR) is 122 cm³/mol. The van der Waals surface area contributed by atoms with E-state index in [0.29, 0.717) is 35.7 Å². The van der Waals surface area contributed by atoms with Crippen molar-refractivity contribution in [1.29, 1.82) is 0 Å². The summed E-state index contributed by atoms with van der Waals surface area (Å²) in [5.74, 6) is -0.138. The molecule has 1 fully saturated rings. The summed E-state index contributed by atoms with van der Waals surface area (Å²) in [4.78, 5) is 10.6. The third-order valence-electron chi connectivity index (χ3n) is 6.24. The van der Waals surface area contributed by atoms with Gasteiger partial charge in [-0.2, -0.15) is 0 Å². The number of nitrogens with one attached hydrogen (secondary N) is 1. The van der Waals surface area contributed by atoms with Crippen LogP contribution < -0.4 is 10.1 Å². The third kappa shape index (κ3) is 6.54. The topological polar surface area (TPSA) is 58.6 Å². The van der Waals surface area contributed by atoms with Crippen LogP contribution in [0.3, 0.4) is 0 Å². The summed E-state index contributed by atoms with van der Waals surface area (Å²) < 4.78 is 21.4. The van der Waals surface area contributed by atoms with Gasteiger partial charge in [-0.05, 0) is 60.3 Å². The van der Waals surface area contributed by atoms with E-state index in [4.69, 9.17) is 9.84 Å². The molecule has 2 aromatic carbocycles. The van der Waals surface area contributed by atoms with E-state index in [2.05, 4.69) is 26.1 Å². The van der Waals surface area contributed by atoms with Gasteiger partial charge >= 0.3 is 5.97 Å². The van der Waals surface area contributed by atoms with Crippen LogP contribution in [0.1, 0.15) is 58.4 Å². The predicted octanol–water partition coefficient (Wildman–Crippen LogP) is 6.04. The van der Waals surface area contributed by atoms with Gasteiger partial charge < -0.3 is 15.2 Å². The fourth-order valence-corrected chi connectivity index (χ4v) is 4.33. The number of carbonyl (C=O) groups is 1. The Labute approximate surface area is 184 Å². The average Bonchev–Trinajstić information content (AvgIpc) is 2.72. The number of benzene rings is 2. The Morgan fingerprint density at radius 3 is 2.52 bits per heavy atom. The number of hydrogen-bond acceptors (Lipinski definition) is 3. The molecule has 0 saturated heterocycles. The molecule has 0 atom stereocenters. The van der Waals surface area contributed by atoms with Gasteiger partial charge in [0.2, 0.25) is 0 Å². The maximum Gasteiger partial charge on any atom is 0.304 e. The number of carboxylic acid groups (broad SMARTS) is 1. The van der Waals surface area contributed by atoms with Crippen molar-refractivity contribution in [3.05, 3.63) is 53.8 Å². The second kappa shape index (κ2) is 10.3. The van der Waals surface area contributed by atoms with E-state index in [0.717, 1.165) is 36.8 Å². The van der Waals surface area contributed by atoms with Crippen molar-refractivity contribution in [1.82, 2.24) is 5.32 Å². The van der Waals surface area contributed by atoms with Gasteiger partial charge in [0.15, 0.2) is 11.6 Å². The van der Waals surface area contributed by atoms with Crippen LogP contribution >= 0.6 is 0 Å². The van der Waals surface area contributed by atoms with E-state index >= 15 is 4.39 Å². The molecule has 4 nitrogen and oxygen atoms in total. The van der Waals surface area contributed by atoms with Crippen LogP contribution in [0.5, 0.6) is 5.75 Å². The first kappa shape index (κ1) is 23.3. The van der Waals surface area contributed by atoms with Gasteiger partial charge in [-0.3, -0.25) is 4.79 Å². The molecule has 0 radical (unpaired) electrons. The molecule has 2 aromatic rings. The number of rotatable bonds is 8. The van der Waals surface area contributed by atoms with Gasteiger partial charge in [0.05, 0.1) is 12.5 Å². The van der Waals surface area contributed by atoms with E-state index < -0.39 is 5.97 Å². The zero-order valence-electron chi connectivity index (χ0n) is 18.8. The summed E-state index contributed by atoms with van der Waals surface area (Å²) in [5.41, 5.74) is 2.60. The smallest absolute Gasteiger partial charge is 0.304 e. The van der Waals surface area contributed by atoms with E-state index in [-0.39, 0.29) is 18.3 Å². The highest BCUT2D eigenvalue weighted by Crippen LogP contribution is 2.39. The van der Waals surface area contributed by atoms with Crippen molar-refractivity contribution in [3.63, 3.8) is 0 Å². The minimum absolute atomic E-state index is 0.0631. The summed E-state index contributed by atoms with van der Waals surface area (Å²) in [7, 11) is 0. The molecular formula is C26H34FNO3. The molecule has 1 aliphatic carbocycles. The summed E-state index contributed by atoms with van der Waals surface area (Å²) in [6.45, 7) is 7.80. The van der Waals surface area contributed by atoms with Crippen molar-refractivity contribution < 1.29 is 19.0 Å². The molecule has 31 heavy (non-hydrogen) atoms. The average molecular weight is 428 g/mol. The Balaban J connectivity index is 1.66. The van der Waals surface area contributed by atoms with Crippen LogP contribution in [0.25, 0.3) is 11.1 Å². The summed E-state index contributed by atoms with van der Waals surface area (Å²) in [6, 6.07) is 13.0. The normalized spacial score (nSPS) is 19.2. The molecule has 1 saturated carbocycles. The molecule has 0 bridgehead atoms. The fourth-order valence-electron chi connectivity index (χ4n) is 4.33. The molecule has 0 aromatic heterocycles. The van der Waals surface area contributed by atoms with Crippen LogP contribution in [-0.2, 0) is 11.3 Å². The maximum atomic E-state index is 15.3. The van der Waals surface area contributed by atoms with Gasteiger partial charge in [0.1, 0.15) is 0 Å². The van der Waals surface area contributed by atoms with Crippen molar-refractivity contribution in [2.24, 2.45) is 11.3 Å². The van der Waals surface area contributed by atoms with Gasteiger partial charge in [-0.1, -0.05) is 51.1 Å². The Morgan fingerprint density at radius 1 is 1.13 bits per heavy atom. The first-order valence-electron chi connectivity index (χ1n) is 11.2. The molecule has 0 aliphatic heterocycles. The zero-order valence-corrected chi connectivity index (χ0v) is 18.8. The van der Waals surface area contributed by atoms with Gasteiger partial charge in [-0.15, -0.1) is 0 Å². The SMILES string of the molecule is CC(C)(C)[C@H]1CC[C@H](Oc2cccc(-c3cccc(CNCCC(=O)O)c3)c2F)CC1. The fraction of sp³-hybridized carbons (Fsp3) is 0.500. The summed E-state index contributed by atoms with van der Waals surface area (Å²) >= 11 is 0. The number of carboxylic acids is 1. The monoisotopic (exact) mass is 427 g/mol. The number of hydrogen-bond donors (Lipinski definition) is 2. The van der Waals surface area contributed by atoms with Crippen molar-refractivity contribution in [2.45, 2.75) is 65.5 Å². The summed E-state index contributed by atoms with van der Waals surface area (Å²) in [6.07, 6.45) is 4.30. The molecule has 168 valence electrons. The molecule has 5 heteroatoms. The second-order valence-corrected chi connectivity index (χ2v) is 9.60. The van der Waals surface area contributed by atoms with E-state index in [9.17, 15) is 4.79 Å². The highest BCUT2D eigenvalue weighted by Gasteiger charge is 2.30. The Kier molecular flexibility index (Phi) is 7.71. The molecule has 0 unspecified atom stereocenters. The molecule has 0 heterocycles. The highest BCUT2D eigenvalue weighted by atomic mass is 19.1. The van der Waals surface area contributed by atoms with Crippen LogP contribution in [0.15, 0.2) is 42.5 Å². The lowest BCUT2D eigenvalue weighted by atomic mass is 9.72. The second-order valence-electron chi connectivity index (χ2n) is 9.60. The number of aliphatic carboxylic acids is 1. The standard InChI is InChI=1S/C26H34FNO3/c1-26(2,3)20-10-12-21(13-11-20)31-23-9-5-8-22(25(23)27)19-7-4-6-18(16-19)17-28-15-14-24(29)30/h4-9,16,20-21,28H,10-15,17H2,1-3H3,(H,29,30)/t20-,21-. The summed E-state index contributed by atoms with van der Waals surface area (Å²) in [5, 5.41) is 11.8. The minimum Gasteiger partial charge on any atom is -0.487 e. The molecule has 2 N–H and O–H groups in total. The van der Waals surface area contributed by atoms with E-state index in [1.807, 2.05) is 30.3 Å². The van der Waals surface area contributed by atoms with Gasteiger partial charge in [-0.25, -0.2) is 4.39 Å². The third-order valence-corrected chi connectivity index (χ3v) is 6.24. The minimum atomic E-state index is -0.827. The Morgan fingerprint density at radius 2 is 1.84 bits per heavy atom. The van der Waals surface area contributed by atoms with Crippen molar-refractivity contribution in [2.75, 3.05) is 6.54 Å². The first-order valence-corrected chi connectivity index (χ1v) is 11.2. The molecule has 1 aliphatic rings. The molecular weight excluding hydrogens is 393 g/mol. The van der Waals surface area contributed by atoms with Crippen LogP contribution in [0, 0.1) is 17.2 Å². The molecule has 0 spiro atoms. The van der Waals surface area contributed by atoms with Gasteiger partial charge in [0, 0.05) is 18.7 Å². The molecule has 3 rings (SSSR count). The largest absolute Gasteiger partial charge is 0.487 e. The Bertz CT molecular complexity index is 882. The highest BCUT2D eigenvalue weighted by molar-refractivity contribution is 5.67. The quantitative estimate of drug-likeness (QED) is 0.504. The van der Waals surface area contributed by atoms with E-state index in [1.54, 1.807) is 12.1 Å². The number of ether oxygens (including phenoxy) is 1. The lowest BCUT2D eigenvalue weighted by Gasteiger charge is -2.37.